The summed E-state index contributed by atoms with van der Waals surface area (Å²) in [5.41, 5.74) is 0. The lowest BCUT2D eigenvalue weighted by Crippen LogP contribution is -2.37. The number of carbonyl (C=O) groups is 2. The van der Waals surface area contributed by atoms with Gasteiger partial charge < -0.3 is 18.9 Å². The van der Waals surface area contributed by atoms with Crippen molar-refractivity contribution in [3.8, 4) is 0 Å². The van der Waals surface area contributed by atoms with E-state index >= 15 is 0 Å². The molecule has 0 spiro atoms. The molecule has 366 valence electrons. The average molecular weight is 907 g/mol. The average Bonchev–Trinajstić information content (AvgIpc) is 3.24. The molecule has 0 aromatic rings. The van der Waals surface area contributed by atoms with Crippen molar-refractivity contribution in [2.45, 2.75) is 219 Å². The Morgan fingerprint density at radius 1 is 0.508 bits per heavy atom. The normalized spacial score (nSPS) is 13.9. The van der Waals surface area contributed by atoms with E-state index in [9.17, 15) is 19.0 Å². The first kappa shape index (κ1) is 60.7. The third-order valence-corrected chi connectivity index (χ3v) is 11.7. The van der Waals surface area contributed by atoms with Gasteiger partial charge in [-0.15, -0.1) is 0 Å². The molecule has 0 saturated carbocycles. The van der Waals surface area contributed by atoms with Crippen LogP contribution in [0.5, 0.6) is 0 Å². The molecule has 0 amide bonds. The highest BCUT2D eigenvalue weighted by Crippen LogP contribution is 2.43. The molecular formula is C53H97NO8P+. The maximum absolute atomic E-state index is 12.7. The van der Waals surface area contributed by atoms with E-state index in [1.807, 2.05) is 21.1 Å². The van der Waals surface area contributed by atoms with Gasteiger partial charge in [-0.25, -0.2) is 4.57 Å². The summed E-state index contributed by atoms with van der Waals surface area (Å²) in [5, 5.41) is 0. The number of hydrogen-bond acceptors (Lipinski definition) is 7. The maximum Gasteiger partial charge on any atom is 0.472 e. The summed E-state index contributed by atoms with van der Waals surface area (Å²) >= 11 is 0. The van der Waals surface area contributed by atoms with E-state index < -0.39 is 26.5 Å². The van der Waals surface area contributed by atoms with E-state index in [1.54, 1.807) is 0 Å². The number of unbranched alkanes of at least 4 members (excludes halogenated alkanes) is 22. The highest BCUT2D eigenvalue weighted by Gasteiger charge is 2.27. The molecule has 0 radical (unpaired) electrons. The van der Waals surface area contributed by atoms with Gasteiger partial charge >= 0.3 is 19.8 Å². The van der Waals surface area contributed by atoms with E-state index in [0.29, 0.717) is 17.4 Å². The third kappa shape index (κ3) is 49.0. The number of likely N-dealkylation sites (N-methyl/N-ethyl adjacent to an activating group) is 1. The molecule has 0 saturated heterocycles. The van der Waals surface area contributed by atoms with Gasteiger partial charge in [-0.2, -0.15) is 0 Å². The zero-order valence-electron chi connectivity index (χ0n) is 41.3. The van der Waals surface area contributed by atoms with Crippen molar-refractivity contribution in [1.82, 2.24) is 0 Å². The Morgan fingerprint density at radius 3 is 1.37 bits per heavy atom. The first-order chi connectivity index (χ1) is 30.5. The van der Waals surface area contributed by atoms with E-state index in [4.69, 9.17) is 18.5 Å². The quantitative estimate of drug-likeness (QED) is 0.0212. The highest BCUT2D eigenvalue weighted by molar-refractivity contribution is 7.47. The van der Waals surface area contributed by atoms with Crippen LogP contribution in [-0.2, 0) is 32.7 Å². The lowest BCUT2D eigenvalue weighted by Gasteiger charge is -2.24. The van der Waals surface area contributed by atoms with Crippen LogP contribution < -0.4 is 0 Å². The first-order valence-corrected chi connectivity index (χ1v) is 27.0. The first-order valence-electron chi connectivity index (χ1n) is 25.5. The van der Waals surface area contributed by atoms with Crippen molar-refractivity contribution < 1.29 is 42.1 Å². The van der Waals surface area contributed by atoms with Crippen LogP contribution in [0.3, 0.4) is 0 Å². The fourth-order valence-electron chi connectivity index (χ4n) is 6.83. The molecule has 0 heterocycles. The molecule has 2 atom stereocenters. The molecule has 0 aliphatic heterocycles. The standard InChI is InChI=1S/C53H96NO8P/c1-6-8-10-12-14-16-18-19-20-21-22-23-24-25-26-27-28-29-30-31-32-33-34-35-36-38-40-42-44-46-53(56)62-51(50-61-63(57,58)60-48-47-54(3,4)5)49-59-52(55)45-43-41-39-37-17-15-13-11-9-7-2/h8,10-11,13-14,16,19-20,22-23,51H,6-7,9,12,15,17-18,21,24-50H2,1-5H3/p+1/b10-8-,13-11-,16-14-,20-19-,23-22-. The van der Waals surface area contributed by atoms with E-state index in [-0.39, 0.29) is 32.0 Å². The minimum Gasteiger partial charge on any atom is -0.462 e. The molecule has 0 rings (SSSR count). The smallest absolute Gasteiger partial charge is 0.462 e. The molecule has 9 nitrogen and oxygen atoms in total. The second-order valence-corrected chi connectivity index (χ2v) is 19.6. The SMILES string of the molecule is CC/C=C\C/C=C\C/C=C\C/C=C\CCCCCCCCCCCCCCCCCCC(=O)OC(COC(=O)CCCCCCC/C=C\CCC)COP(=O)(O)OCC[N+](C)(C)C. The largest absolute Gasteiger partial charge is 0.472 e. The van der Waals surface area contributed by atoms with Crippen molar-refractivity contribution in [3.63, 3.8) is 0 Å². The lowest BCUT2D eigenvalue weighted by atomic mass is 10.0. The van der Waals surface area contributed by atoms with Crippen LogP contribution in [0.25, 0.3) is 0 Å². The fraction of sp³-hybridized carbons (Fsp3) is 0.774. The van der Waals surface area contributed by atoms with E-state index in [0.717, 1.165) is 83.5 Å². The van der Waals surface area contributed by atoms with Gasteiger partial charge in [-0.1, -0.05) is 190 Å². The van der Waals surface area contributed by atoms with Gasteiger partial charge in [0.15, 0.2) is 6.10 Å². The van der Waals surface area contributed by atoms with Gasteiger partial charge in [0.2, 0.25) is 0 Å². The van der Waals surface area contributed by atoms with Crippen LogP contribution in [0, 0.1) is 0 Å². The topological polar surface area (TPSA) is 108 Å². The molecule has 2 unspecified atom stereocenters. The summed E-state index contributed by atoms with van der Waals surface area (Å²) in [4.78, 5) is 35.4. The summed E-state index contributed by atoms with van der Waals surface area (Å²) in [6.45, 7) is 4.24. The molecule has 63 heavy (non-hydrogen) atoms. The predicted octanol–water partition coefficient (Wildman–Crippen LogP) is 15.2. The Labute approximate surface area is 387 Å². The number of hydrogen-bond donors (Lipinski definition) is 1. The van der Waals surface area contributed by atoms with Gasteiger partial charge in [0, 0.05) is 12.8 Å². The zero-order valence-corrected chi connectivity index (χ0v) is 42.2. The third-order valence-electron chi connectivity index (χ3n) is 10.8. The molecule has 0 aliphatic rings. The van der Waals surface area contributed by atoms with Crippen molar-refractivity contribution >= 4 is 19.8 Å². The Hall–Kier alpha value is -2.29. The minimum atomic E-state index is -4.38. The Morgan fingerprint density at radius 2 is 0.905 bits per heavy atom. The van der Waals surface area contributed by atoms with Crippen molar-refractivity contribution in [2.75, 3.05) is 47.5 Å². The lowest BCUT2D eigenvalue weighted by molar-refractivity contribution is -0.870. The Kier molecular flexibility index (Phi) is 43.3. The molecule has 0 bridgehead atoms. The number of ether oxygens (including phenoxy) is 2. The van der Waals surface area contributed by atoms with Crippen LogP contribution in [0.2, 0.25) is 0 Å². The molecule has 0 aliphatic carbocycles. The van der Waals surface area contributed by atoms with Gasteiger partial charge in [-0.05, 0) is 70.6 Å². The van der Waals surface area contributed by atoms with E-state index in [1.165, 1.54) is 96.3 Å². The summed E-state index contributed by atoms with van der Waals surface area (Å²) < 4.78 is 34.3. The number of allylic oxidation sites excluding steroid dienone is 10. The van der Waals surface area contributed by atoms with Crippen LogP contribution >= 0.6 is 7.82 Å². The highest BCUT2D eigenvalue weighted by atomic mass is 31.2. The van der Waals surface area contributed by atoms with Crippen molar-refractivity contribution in [3.05, 3.63) is 60.8 Å². The summed E-state index contributed by atoms with van der Waals surface area (Å²) in [6.07, 6.45) is 55.8. The fourth-order valence-corrected chi connectivity index (χ4v) is 7.57. The number of rotatable bonds is 46. The monoisotopic (exact) mass is 907 g/mol. The molecule has 0 aromatic heterocycles. The number of nitrogens with zero attached hydrogens (tertiary/aromatic N) is 1. The second kappa shape index (κ2) is 44.9. The molecular weight excluding hydrogens is 810 g/mol. The van der Waals surface area contributed by atoms with Crippen LogP contribution in [0.1, 0.15) is 213 Å². The zero-order chi connectivity index (χ0) is 46.4. The van der Waals surface area contributed by atoms with Gasteiger partial charge in [-0.3, -0.25) is 18.6 Å². The Balaban J connectivity index is 4.07. The molecule has 0 fully saturated rings. The second-order valence-electron chi connectivity index (χ2n) is 18.2. The Bertz CT molecular complexity index is 1250. The van der Waals surface area contributed by atoms with Gasteiger partial charge in [0.1, 0.15) is 19.8 Å². The summed E-state index contributed by atoms with van der Waals surface area (Å²) in [6, 6.07) is 0. The van der Waals surface area contributed by atoms with Crippen molar-refractivity contribution in [2.24, 2.45) is 0 Å². The molecule has 1 N–H and O–H groups in total. The number of phosphoric acid groups is 1. The number of carbonyl (C=O) groups excluding carboxylic acids is 2. The number of quaternary nitrogens is 1. The predicted molar refractivity (Wildman–Crippen MR) is 266 cm³/mol. The number of esters is 2. The summed E-state index contributed by atoms with van der Waals surface area (Å²) in [7, 11) is 1.47. The minimum absolute atomic E-state index is 0.0296. The van der Waals surface area contributed by atoms with Crippen LogP contribution in [-0.4, -0.2) is 74.9 Å². The molecule has 10 heteroatoms. The van der Waals surface area contributed by atoms with Gasteiger partial charge in [0.05, 0.1) is 27.7 Å². The van der Waals surface area contributed by atoms with Crippen LogP contribution in [0.4, 0.5) is 0 Å². The summed E-state index contributed by atoms with van der Waals surface area (Å²) in [5.74, 6) is -0.809. The number of phosphoric ester groups is 1. The van der Waals surface area contributed by atoms with E-state index in [2.05, 4.69) is 74.6 Å². The van der Waals surface area contributed by atoms with Gasteiger partial charge in [0.25, 0.3) is 0 Å². The van der Waals surface area contributed by atoms with Crippen molar-refractivity contribution in [1.29, 1.82) is 0 Å². The maximum atomic E-state index is 12.7. The van der Waals surface area contributed by atoms with Crippen LogP contribution in [0.15, 0.2) is 60.8 Å². The molecule has 0 aromatic carbocycles.